The SMILES string of the molecule is CC1(C)c2cc(N(c3ccc(C4CC5CCC4C5)cc3)c3ccc(C4CC5CCC4C5)cc3)ccc2-c2cc3c(cc21)c1cc(-c2ccccc2)ccc1n3-c1ccccc1. The van der Waals surface area contributed by atoms with Crippen molar-refractivity contribution < 1.29 is 0 Å². The van der Waals surface area contributed by atoms with Gasteiger partial charge >= 0.3 is 0 Å². The molecule has 0 aliphatic heterocycles. The van der Waals surface area contributed by atoms with Gasteiger partial charge in [0, 0.05) is 38.9 Å². The van der Waals surface area contributed by atoms with E-state index in [1.807, 2.05) is 0 Å². The summed E-state index contributed by atoms with van der Waals surface area (Å²) in [6.07, 6.45) is 11.4. The maximum Gasteiger partial charge on any atom is 0.0547 e. The molecule has 300 valence electrons. The number of para-hydroxylation sites is 1. The Hall–Kier alpha value is -5.86. The summed E-state index contributed by atoms with van der Waals surface area (Å²) in [6, 6.07) is 60.6. The monoisotopic (exact) mass is 790 g/mol. The van der Waals surface area contributed by atoms with Crippen LogP contribution in [0.2, 0.25) is 0 Å². The van der Waals surface area contributed by atoms with Gasteiger partial charge in [-0.1, -0.05) is 112 Å². The van der Waals surface area contributed by atoms with Crippen LogP contribution in [0.15, 0.2) is 158 Å². The number of anilines is 3. The predicted octanol–water partition coefficient (Wildman–Crippen LogP) is 16.0. The summed E-state index contributed by atoms with van der Waals surface area (Å²) in [5, 5.41) is 2.61. The highest BCUT2D eigenvalue weighted by molar-refractivity contribution is 6.12. The predicted molar refractivity (Wildman–Crippen MR) is 255 cm³/mol. The smallest absolute Gasteiger partial charge is 0.0547 e. The lowest BCUT2D eigenvalue weighted by molar-refractivity contribution is 0.420. The summed E-state index contributed by atoms with van der Waals surface area (Å²) in [7, 11) is 0. The Kier molecular flexibility index (Phi) is 7.98. The Bertz CT molecular complexity index is 2900. The fraction of sp³-hybridized carbons (Fsp3) is 0.288. The topological polar surface area (TPSA) is 8.17 Å². The molecule has 5 aliphatic carbocycles. The molecule has 6 unspecified atom stereocenters. The minimum absolute atomic E-state index is 0.184. The molecule has 0 spiro atoms. The van der Waals surface area contributed by atoms with Crippen LogP contribution in [0.5, 0.6) is 0 Å². The Morgan fingerprint density at radius 2 is 1.03 bits per heavy atom. The molecule has 1 heterocycles. The lowest BCUT2D eigenvalue weighted by atomic mass is 9.81. The molecule has 61 heavy (non-hydrogen) atoms. The van der Waals surface area contributed by atoms with Crippen LogP contribution in [0.4, 0.5) is 17.1 Å². The summed E-state index contributed by atoms with van der Waals surface area (Å²) in [5.41, 5.74) is 18.3. The Balaban J connectivity index is 0.935. The third kappa shape index (κ3) is 5.60. The molecule has 0 saturated heterocycles. The summed E-state index contributed by atoms with van der Waals surface area (Å²) in [5.74, 6) is 5.12. The van der Waals surface area contributed by atoms with Gasteiger partial charge in [0.05, 0.1) is 11.0 Å². The second-order valence-electron chi connectivity index (χ2n) is 20.1. The van der Waals surface area contributed by atoms with Crippen LogP contribution in [0, 0.1) is 23.7 Å². The third-order valence-corrected chi connectivity index (χ3v) is 16.6. The Morgan fingerprint density at radius 3 is 1.62 bits per heavy atom. The van der Waals surface area contributed by atoms with Crippen LogP contribution in [0.1, 0.15) is 99.3 Å². The van der Waals surface area contributed by atoms with Crippen molar-refractivity contribution in [2.75, 3.05) is 4.90 Å². The van der Waals surface area contributed by atoms with Crippen molar-refractivity contribution >= 4 is 38.9 Å². The fourth-order valence-corrected chi connectivity index (χ4v) is 13.5. The van der Waals surface area contributed by atoms with Gasteiger partial charge in [0.2, 0.25) is 0 Å². The van der Waals surface area contributed by atoms with Crippen molar-refractivity contribution in [3.05, 3.63) is 180 Å². The van der Waals surface area contributed by atoms with Gasteiger partial charge in [-0.3, -0.25) is 0 Å². The first-order valence-corrected chi connectivity index (χ1v) is 23.3. The molecule has 7 aromatic carbocycles. The molecular formula is C59H54N2. The molecule has 0 radical (unpaired) electrons. The Morgan fingerprint density at radius 1 is 0.459 bits per heavy atom. The average molecular weight is 791 g/mol. The molecule has 8 aromatic rings. The van der Waals surface area contributed by atoms with E-state index in [0.717, 1.165) is 35.5 Å². The van der Waals surface area contributed by atoms with Crippen LogP contribution in [-0.4, -0.2) is 4.57 Å². The van der Waals surface area contributed by atoms with Gasteiger partial charge < -0.3 is 9.47 Å². The highest BCUT2D eigenvalue weighted by Crippen LogP contribution is 2.56. The molecule has 13 rings (SSSR count). The first-order chi connectivity index (χ1) is 29.9. The number of rotatable bonds is 7. The lowest BCUT2D eigenvalue weighted by Crippen LogP contribution is -2.17. The summed E-state index contributed by atoms with van der Waals surface area (Å²) < 4.78 is 2.47. The molecule has 0 N–H and O–H groups in total. The number of hydrogen-bond donors (Lipinski definition) is 0. The van der Waals surface area contributed by atoms with Gasteiger partial charge in [0.15, 0.2) is 0 Å². The van der Waals surface area contributed by atoms with Crippen LogP contribution in [0.3, 0.4) is 0 Å². The number of fused-ring (bicyclic) bond motifs is 10. The third-order valence-electron chi connectivity index (χ3n) is 16.6. The van der Waals surface area contributed by atoms with Crippen molar-refractivity contribution in [3.8, 4) is 27.9 Å². The Labute approximate surface area is 360 Å². The van der Waals surface area contributed by atoms with Gasteiger partial charge in [-0.25, -0.2) is 0 Å². The van der Waals surface area contributed by atoms with E-state index in [2.05, 4.69) is 181 Å². The van der Waals surface area contributed by atoms with E-state index in [1.165, 1.54) is 129 Å². The van der Waals surface area contributed by atoms with Gasteiger partial charge in [0.1, 0.15) is 0 Å². The number of benzene rings is 7. The molecule has 4 bridgehead atoms. The quantitative estimate of drug-likeness (QED) is 0.156. The first-order valence-electron chi connectivity index (χ1n) is 23.3. The first kappa shape index (κ1) is 35.9. The zero-order valence-corrected chi connectivity index (χ0v) is 35.5. The second kappa shape index (κ2) is 13.6. The van der Waals surface area contributed by atoms with E-state index >= 15 is 0 Å². The minimum atomic E-state index is -0.184. The van der Waals surface area contributed by atoms with Crippen molar-refractivity contribution in [2.45, 2.75) is 82.5 Å². The molecule has 2 nitrogen and oxygen atoms in total. The van der Waals surface area contributed by atoms with Crippen molar-refractivity contribution in [1.29, 1.82) is 0 Å². The largest absolute Gasteiger partial charge is 0.310 e. The van der Waals surface area contributed by atoms with Crippen LogP contribution in [-0.2, 0) is 5.41 Å². The molecule has 4 fully saturated rings. The van der Waals surface area contributed by atoms with Crippen molar-refractivity contribution in [1.82, 2.24) is 4.57 Å². The van der Waals surface area contributed by atoms with Gasteiger partial charge in [-0.15, -0.1) is 0 Å². The van der Waals surface area contributed by atoms with Crippen molar-refractivity contribution in [3.63, 3.8) is 0 Å². The molecule has 6 atom stereocenters. The molecule has 0 amide bonds. The van der Waals surface area contributed by atoms with E-state index in [4.69, 9.17) is 0 Å². The normalized spacial score (nSPS) is 24.2. The molecule has 2 heteroatoms. The van der Waals surface area contributed by atoms with E-state index in [0.29, 0.717) is 0 Å². The summed E-state index contributed by atoms with van der Waals surface area (Å²) in [4.78, 5) is 2.53. The molecular weight excluding hydrogens is 737 g/mol. The van der Waals surface area contributed by atoms with Gasteiger partial charge in [-0.2, -0.15) is 0 Å². The number of aromatic nitrogens is 1. The van der Waals surface area contributed by atoms with E-state index in [9.17, 15) is 0 Å². The van der Waals surface area contributed by atoms with Crippen LogP contribution < -0.4 is 4.90 Å². The second-order valence-corrected chi connectivity index (χ2v) is 20.1. The standard InChI is InChI=1S/C59H54N2/c1-59(2)55-34-48(60(46-22-17-40(18-23-46)50-31-37-13-15-43(50)29-37)47-24-19-41(20-25-47)51-32-38-14-16-44(51)30-38)26-27-49(55)52-36-58-54(35-56(52)59)53-33-42(39-9-5-3-6-10-39)21-28-57(53)61(58)45-11-7-4-8-12-45/h3-12,17-28,33-38,43-44,50-51H,13-16,29-32H2,1-2H3. The van der Waals surface area contributed by atoms with E-state index < -0.39 is 0 Å². The molecule has 4 saturated carbocycles. The highest BCUT2D eigenvalue weighted by Gasteiger charge is 2.42. The zero-order valence-electron chi connectivity index (χ0n) is 35.5. The van der Waals surface area contributed by atoms with Crippen LogP contribution in [0.25, 0.3) is 49.7 Å². The number of nitrogens with zero attached hydrogens (tertiary/aromatic N) is 2. The lowest BCUT2D eigenvalue weighted by Gasteiger charge is -2.29. The maximum atomic E-state index is 2.53. The average Bonchev–Trinajstić information content (AvgIpc) is 4.19. The molecule has 5 aliphatic rings. The number of hydrogen-bond acceptors (Lipinski definition) is 1. The summed E-state index contributed by atoms with van der Waals surface area (Å²) >= 11 is 0. The van der Waals surface area contributed by atoms with Crippen molar-refractivity contribution in [2.24, 2.45) is 23.7 Å². The van der Waals surface area contributed by atoms with E-state index in [-0.39, 0.29) is 5.41 Å². The fourth-order valence-electron chi connectivity index (χ4n) is 13.5. The molecule has 1 aromatic heterocycles. The zero-order chi connectivity index (χ0) is 40.4. The van der Waals surface area contributed by atoms with Crippen LogP contribution >= 0.6 is 0 Å². The highest BCUT2D eigenvalue weighted by atomic mass is 15.1. The maximum absolute atomic E-state index is 2.53. The van der Waals surface area contributed by atoms with E-state index in [1.54, 1.807) is 11.1 Å². The van der Waals surface area contributed by atoms with Gasteiger partial charge in [-0.05, 0) is 191 Å². The minimum Gasteiger partial charge on any atom is -0.310 e. The van der Waals surface area contributed by atoms with Gasteiger partial charge in [0.25, 0.3) is 0 Å². The summed E-state index contributed by atoms with van der Waals surface area (Å²) in [6.45, 7) is 4.88.